The van der Waals surface area contributed by atoms with Crippen LogP contribution in [0.4, 0.5) is 9.18 Å². The Morgan fingerprint density at radius 3 is 2.52 bits per heavy atom. The highest BCUT2D eigenvalue weighted by atomic mass is 32.2. The summed E-state index contributed by atoms with van der Waals surface area (Å²) in [5.74, 6) is -3.17. The molecule has 0 heterocycles. The largest absolute Gasteiger partial charge is 0.452 e. The quantitative estimate of drug-likeness (QED) is 0.581. The van der Waals surface area contributed by atoms with Gasteiger partial charge in [-0.1, -0.05) is 6.92 Å². The molecule has 0 aromatic heterocycles. The first-order valence-corrected chi connectivity index (χ1v) is 8.67. The van der Waals surface area contributed by atoms with E-state index in [9.17, 15) is 27.2 Å². The van der Waals surface area contributed by atoms with Gasteiger partial charge in [0.25, 0.3) is 5.91 Å². The topological polar surface area (TPSA) is 131 Å². The van der Waals surface area contributed by atoms with Crippen LogP contribution in [0.5, 0.6) is 0 Å². The maximum atomic E-state index is 13.7. The van der Waals surface area contributed by atoms with Crippen LogP contribution in [0.1, 0.15) is 23.7 Å². The fraction of sp³-hybridized carbons (Fsp3) is 0.357. The van der Waals surface area contributed by atoms with Crippen molar-refractivity contribution in [3.63, 3.8) is 0 Å². The second-order valence-electron chi connectivity index (χ2n) is 4.73. The summed E-state index contributed by atoms with van der Waals surface area (Å²) < 4.78 is 43.7. The predicted molar refractivity (Wildman–Crippen MR) is 84.8 cm³/mol. The minimum absolute atomic E-state index is 0.341. The van der Waals surface area contributed by atoms with E-state index in [1.807, 2.05) is 17.0 Å². The van der Waals surface area contributed by atoms with Gasteiger partial charge in [-0.2, -0.15) is 0 Å². The van der Waals surface area contributed by atoms with Crippen LogP contribution in [0.15, 0.2) is 23.1 Å². The molecule has 1 rings (SSSR count). The van der Waals surface area contributed by atoms with Gasteiger partial charge in [-0.05, 0) is 31.7 Å². The number of halogens is 1. The molecule has 1 aromatic rings. The number of benzene rings is 1. The molecule has 1 aromatic carbocycles. The van der Waals surface area contributed by atoms with Crippen LogP contribution in [0.3, 0.4) is 0 Å². The van der Waals surface area contributed by atoms with Gasteiger partial charge in [-0.25, -0.2) is 27.1 Å². The van der Waals surface area contributed by atoms with Gasteiger partial charge in [0.15, 0.2) is 6.61 Å². The third kappa shape index (κ3) is 6.12. The number of sulfonamides is 1. The standard InChI is InChI=1S/C14H18FN3O6S/c1-3-6-17-14(21)18-12(19)8-24-13(20)10-7-9(4-5-11(10)15)25(22,23)16-2/h4-5,7,16H,3,6,8H2,1-2H3,(H2,17,18,19,21). The molecule has 3 N–H and O–H groups in total. The van der Waals surface area contributed by atoms with Crippen molar-refractivity contribution in [1.82, 2.24) is 15.4 Å². The van der Waals surface area contributed by atoms with E-state index in [0.29, 0.717) is 13.0 Å². The molecule has 0 unspecified atom stereocenters. The molecule has 0 radical (unpaired) electrons. The number of amides is 3. The van der Waals surface area contributed by atoms with E-state index in [1.54, 1.807) is 0 Å². The molecule has 25 heavy (non-hydrogen) atoms. The molecule has 11 heteroatoms. The molecule has 9 nitrogen and oxygen atoms in total. The van der Waals surface area contributed by atoms with Gasteiger partial charge in [0, 0.05) is 6.54 Å². The molecule has 0 aliphatic carbocycles. The molecule has 0 saturated heterocycles. The Hall–Kier alpha value is -2.53. The summed E-state index contributed by atoms with van der Waals surface area (Å²) in [7, 11) is -2.73. The maximum Gasteiger partial charge on any atom is 0.341 e. The van der Waals surface area contributed by atoms with Crippen LogP contribution in [-0.2, 0) is 19.6 Å². The molecule has 0 spiro atoms. The number of imide groups is 1. The van der Waals surface area contributed by atoms with Crippen molar-refractivity contribution in [2.24, 2.45) is 0 Å². The Labute approximate surface area is 144 Å². The van der Waals surface area contributed by atoms with E-state index in [4.69, 9.17) is 0 Å². The average Bonchev–Trinajstić information content (AvgIpc) is 2.58. The van der Waals surface area contributed by atoms with Crippen molar-refractivity contribution in [2.75, 3.05) is 20.2 Å². The van der Waals surface area contributed by atoms with Crippen molar-refractivity contribution in [1.29, 1.82) is 0 Å². The van der Waals surface area contributed by atoms with Gasteiger partial charge in [0.1, 0.15) is 5.82 Å². The zero-order valence-corrected chi connectivity index (χ0v) is 14.4. The lowest BCUT2D eigenvalue weighted by molar-refractivity contribution is -0.123. The lowest BCUT2D eigenvalue weighted by atomic mass is 10.2. The second-order valence-corrected chi connectivity index (χ2v) is 6.62. The number of nitrogens with one attached hydrogen (secondary N) is 3. The molecule has 3 amide bonds. The van der Waals surface area contributed by atoms with Gasteiger partial charge >= 0.3 is 12.0 Å². The summed E-state index contributed by atoms with van der Waals surface area (Å²) in [5.41, 5.74) is -0.653. The zero-order valence-electron chi connectivity index (χ0n) is 13.6. The second kappa shape index (κ2) is 9.08. The molecule has 138 valence electrons. The number of esters is 1. The Kier molecular flexibility index (Phi) is 7.45. The third-order valence-electron chi connectivity index (χ3n) is 2.86. The average molecular weight is 375 g/mol. The first kappa shape index (κ1) is 20.5. The summed E-state index contributed by atoms with van der Waals surface area (Å²) in [6.07, 6.45) is 0.668. The van der Waals surface area contributed by atoms with E-state index in [2.05, 4.69) is 10.1 Å². The van der Waals surface area contributed by atoms with Crippen molar-refractivity contribution in [3.8, 4) is 0 Å². The van der Waals surface area contributed by atoms with E-state index in [1.165, 1.54) is 0 Å². The van der Waals surface area contributed by atoms with Crippen molar-refractivity contribution >= 4 is 27.9 Å². The summed E-state index contributed by atoms with van der Waals surface area (Å²) in [4.78, 5) is 34.2. The monoisotopic (exact) mass is 375 g/mol. The van der Waals surface area contributed by atoms with Crippen LogP contribution in [0.25, 0.3) is 0 Å². The molecule has 0 fully saturated rings. The van der Waals surface area contributed by atoms with Gasteiger partial charge in [-0.15, -0.1) is 0 Å². The van der Waals surface area contributed by atoms with Crippen LogP contribution in [0, 0.1) is 5.82 Å². The molecule has 0 bridgehead atoms. The Balaban J connectivity index is 2.73. The van der Waals surface area contributed by atoms with Crippen LogP contribution >= 0.6 is 0 Å². The number of carbonyl (C=O) groups is 3. The van der Waals surface area contributed by atoms with Crippen molar-refractivity contribution in [2.45, 2.75) is 18.2 Å². The van der Waals surface area contributed by atoms with Crippen molar-refractivity contribution in [3.05, 3.63) is 29.6 Å². The minimum atomic E-state index is -3.88. The molecule has 0 saturated carbocycles. The van der Waals surface area contributed by atoms with Gasteiger partial charge in [-0.3, -0.25) is 10.1 Å². The lowest BCUT2D eigenvalue weighted by Gasteiger charge is -2.08. The summed E-state index contributed by atoms with van der Waals surface area (Å²) in [6, 6.07) is 1.80. The zero-order chi connectivity index (χ0) is 19.0. The van der Waals surface area contributed by atoms with Crippen LogP contribution < -0.4 is 15.4 Å². The van der Waals surface area contributed by atoms with E-state index < -0.39 is 45.9 Å². The van der Waals surface area contributed by atoms with Crippen LogP contribution in [0.2, 0.25) is 0 Å². The van der Waals surface area contributed by atoms with Gasteiger partial charge in [0.2, 0.25) is 10.0 Å². The number of rotatable bonds is 7. The lowest BCUT2D eigenvalue weighted by Crippen LogP contribution is -2.41. The minimum Gasteiger partial charge on any atom is -0.452 e. The smallest absolute Gasteiger partial charge is 0.341 e. The molecular formula is C14H18FN3O6S. The van der Waals surface area contributed by atoms with Gasteiger partial charge in [0.05, 0.1) is 10.5 Å². The van der Waals surface area contributed by atoms with Gasteiger partial charge < -0.3 is 10.1 Å². The third-order valence-corrected chi connectivity index (χ3v) is 4.27. The number of carbonyl (C=O) groups excluding carboxylic acids is 3. The molecule has 0 aliphatic rings. The Morgan fingerprint density at radius 1 is 1.24 bits per heavy atom. The summed E-state index contributed by atoms with van der Waals surface area (Å²) in [5, 5.41) is 4.29. The highest BCUT2D eigenvalue weighted by Gasteiger charge is 2.20. The number of ether oxygens (including phenoxy) is 1. The maximum absolute atomic E-state index is 13.7. The number of urea groups is 1. The van der Waals surface area contributed by atoms with Crippen molar-refractivity contribution < 1.29 is 31.9 Å². The fourth-order valence-corrected chi connectivity index (χ4v) is 2.36. The van der Waals surface area contributed by atoms with E-state index in [-0.39, 0.29) is 4.90 Å². The first-order valence-electron chi connectivity index (χ1n) is 7.19. The highest BCUT2D eigenvalue weighted by Crippen LogP contribution is 2.15. The summed E-state index contributed by atoms with van der Waals surface area (Å²) in [6.45, 7) is 1.35. The van der Waals surface area contributed by atoms with E-state index >= 15 is 0 Å². The normalized spacial score (nSPS) is 10.8. The molecule has 0 aliphatic heterocycles. The number of hydrogen-bond donors (Lipinski definition) is 3. The Morgan fingerprint density at radius 2 is 1.92 bits per heavy atom. The molecular weight excluding hydrogens is 357 g/mol. The summed E-state index contributed by atoms with van der Waals surface area (Å²) >= 11 is 0. The fourth-order valence-electron chi connectivity index (χ4n) is 1.60. The predicted octanol–water partition coefficient (Wildman–Crippen LogP) is 0.126. The van der Waals surface area contributed by atoms with E-state index in [0.717, 1.165) is 25.2 Å². The SMILES string of the molecule is CCCNC(=O)NC(=O)COC(=O)c1cc(S(=O)(=O)NC)ccc1F. The highest BCUT2D eigenvalue weighted by molar-refractivity contribution is 7.89. The first-order chi connectivity index (χ1) is 11.7. The molecule has 0 atom stereocenters. The number of hydrogen-bond acceptors (Lipinski definition) is 6. The van der Waals surface area contributed by atoms with Crippen LogP contribution in [-0.4, -0.2) is 46.5 Å². The Bertz CT molecular complexity index is 766.